The predicted molar refractivity (Wildman–Crippen MR) is 464 cm³/mol. The van der Waals surface area contributed by atoms with Crippen LogP contribution in [0.3, 0.4) is 0 Å². The second kappa shape index (κ2) is 75.4. The first kappa shape index (κ1) is 128. The van der Waals surface area contributed by atoms with Gasteiger partial charge in [-0.05, 0) is 52.9 Å². The standard InChI is InChI=1S/C7H12O.C7H14O.C6H10N2O.C6H10N2S.C6H9NO.C6H13NO.C6H12O.C5H8F2O.C5H8N2O.C5H8N2S.C5H11NO.C5H10O2.C5H10O.C4H9NO.C4H10O2S.CH4/c1-5(2)7(8)6-3-4-6;1-4-5-7(8)6(2)3;2*1-4(2)6-8-7-5(3)9-6;1-5(2)6-3-4-8-7-6;1-5(2)6(8)7(3)4;1-4-6(7)5(2)3;1-3(2)4(8)5(6)7;2*1-4(2)5-7-6-3-8-5;1-4(2)5(7)6-3;1-4(2)5(6)7-3;1-4(2)5(3)6;1-3(2)4(5)6;1-4(2)7(3,5)6;/h5-6H,3-4H2,1-2H3;6H,4-5H2,1-3H3;2*4H,1-3H3;3-5H,1-2H3;5H,1-4H3;5H,4H2,1-3H3;3,5H,1-2H3;2*3-4H,1-2H3;4H,1-3H3,(H,6,7);4H,1-3H3;4H,1-3H3;3H,1-2H3,(H2,5,6);4H,1-3H3;1H4. The lowest BCUT2D eigenvalue weighted by atomic mass is 10.1. The number of Topliss-reactive ketones (excluding diaryl/α,β-unsaturated/α-hetero) is 5. The van der Waals surface area contributed by atoms with Crippen LogP contribution >= 0.6 is 22.7 Å². The number of carbonyl (C=O) groups is 9. The molecule has 0 saturated heterocycles. The minimum atomic E-state index is -2.80. The number of sulfone groups is 1. The molecule has 1 saturated carbocycles. The molecule has 0 aromatic carbocycles. The maximum Gasteiger partial charge on any atom is 0.308 e. The normalized spacial score (nSPS) is 10.7. The number of nitrogens with two attached hydrogens (primary N) is 1. The summed E-state index contributed by atoms with van der Waals surface area (Å²) in [5.74, 6) is 5.72. The monoisotopic (exact) mass is 1700 g/mol. The van der Waals surface area contributed by atoms with E-state index < -0.39 is 28.0 Å². The van der Waals surface area contributed by atoms with Gasteiger partial charge in [-0.3, -0.25) is 43.2 Å². The van der Waals surface area contributed by atoms with Crippen LogP contribution in [0.2, 0.25) is 0 Å². The number of halogens is 2. The fourth-order valence-electron chi connectivity index (χ4n) is 5.55. The van der Waals surface area contributed by atoms with Crippen LogP contribution < -0.4 is 11.1 Å². The third-order valence-corrected chi connectivity index (χ3v) is 17.8. The van der Waals surface area contributed by atoms with E-state index in [4.69, 9.17) is 14.6 Å². The number of rotatable bonds is 20. The molecule has 1 fully saturated rings. The summed E-state index contributed by atoms with van der Waals surface area (Å²) in [6.45, 7) is 66.3. The number of aryl methyl sites for hydroxylation is 2. The van der Waals surface area contributed by atoms with Crippen LogP contribution in [-0.4, -0.2) is 158 Å². The number of primary amides is 1. The quantitative estimate of drug-likeness (QED) is 0.0683. The number of nitrogens with zero attached hydrogens (tertiary/aromatic N) is 10. The van der Waals surface area contributed by atoms with E-state index in [2.05, 4.69) is 102 Å². The van der Waals surface area contributed by atoms with Crippen LogP contribution in [0.5, 0.6) is 0 Å². The summed E-state index contributed by atoms with van der Waals surface area (Å²) < 4.78 is 62.3. The Labute approximate surface area is 701 Å². The smallest absolute Gasteiger partial charge is 0.308 e. The summed E-state index contributed by atoms with van der Waals surface area (Å²) in [5.41, 5.74) is 7.57. The van der Waals surface area contributed by atoms with Crippen molar-refractivity contribution in [2.24, 2.45) is 64.9 Å². The number of methoxy groups -OCH3 is 1. The average molecular weight is 1700 g/mol. The van der Waals surface area contributed by atoms with Crippen molar-refractivity contribution in [1.82, 2.24) is 56.2 Å². The number of nitrogens with one attached hydrogen (secondary N) is 1. The minimum Gasteiger partial charge on any atom is -0.469 e. The van der Waals surface area contributed by atoms with Crippen LogP contribution in [0, 0.1) is 73.0 Å². The summed E-state index contributed by atoms with van der Waals surface area (Å²) in [6.07, 6.45) is 6.08. The van der Waals surface area contributed by atoms with E-state index in [9.17, 15) is 60.3 Å². The molecular formula is C83H158F2N12O15S3. The van der Waals surface area contributed by atoms with E-state index in [0.29, 0.717) is 77.0 Å². The summed E-state index contributed by atoms with van der Waals surface area (Å²) in [7, 11) is 3.82. The Morgan fingerprint density at radius 2 is 1.06 bits per heavy atom. The van der Waals surface area contributed by atoms with Gasteiger partial charge >= 0.3 is 5.97 Å². The van der Waals surface area contributed by atoms with E-state index in [1.54, 1.807) is 116 Å². The van der Waals surface area contributed by atoms with E-state index in [1.165, 1.54) is 33.6 Å². The van der Waals surface area contributed by atoms with Gasteiger partial charge in [-0.25, -0.2) is 17.2 Å². The predicted octanol–water partition coefficient (Wildman–Crippen LogP) is 19.2. The zero-order valence-electron chi connectivity index (χ0n) is 77.3. The Bertz CT molecular complexity index is 3030. The molecule has 1 aliphatic carbocycles. The lowest BCUT2D eigenvalue weighted by molar-refractivity contribution is -0.144. The van der Waals surface area contributed by atoms with Gasteiger partial charge in [0.05, 0.1) is 24.0 Å². The van der Waals surface area contributed by atoms with Crippen LogP contribution in [0.25, 0.3) is 0 Å². The zero-order chi connectivity index (χ0) is 91.8. The molecule has 1 aliphatic rings. The topological polar surface area (TPSA) is 394 Å². The highest BCUT2D eigenvalue weighted by molar-refractivity contribution is 7.91. The molecule has 32 heteroatoms. The molecule has 0 bridgehead atoms. The molecule has 3 amide bonds. The molecule has 0 atom stereocenters. The van der Waals surface area contributed by atoms with Crippen LogP contribution in [0.1, 0.15) is 336 Å². The minimum absolute atomic E-state index is 0. The summed E-state index contributed by atoms with van der Waals surface area (Å²) in [6, 6.07) is 1.88. The van der Waals surface area contributed by atoms with Crippen LogP contribution in [0.4, 0.5) is 8.78 Å². The summed E-state index contributed by atoms with van der Waals surface area (Å²) >= 11 is 3.28. The van der Waals surface area contributed by atoms with Crippen LogP contribution in [-0.2, 0) is 57.7 Å². The Morgan fingerprint density at radius 1 is 0.600 bits per heavy atom. The summed E-state index contributed by atoms with van der Waals surface area (Å²) in [4.78, 5) is 95.4. The van der Waals surface area contributed by atoms with Crippen molar-refractivity contribution >= 4 is 85.1 Å². The van der Waals surface area contributed by atoms with Gasteiger partial charge in [0.1, 0.15) is 59.8 Å². The Balaban J connectivity index is -0.000000129. The van der Waals surface area contributed by atoms with Crippen LogP contribution in [0.15, 0.2) is 37.6 Å². The summed E-state index contributed by atoms with van der Waals surface area (Å²) in [5, 5.41) is 39.6. The molecule has 115 heavy (non-hydrogen) atoms. The Morgan fingerprint density at radius 3 is 1.17 bits per heavy atom. The number of hydrogen-bond acceptors (Lipinski definition) is 26. The van der Waals surface area contributed by atoms with E-state index in [0.717, 1.165) is 46.4 Å². The average Bonchev–Trinajstić information content (AvgIpc) is 1.74. The number of ketones is 5. The van der Waals surface area contributed by atoms with Gasteiger partial charge in [0.15, 0.2) is 0 Å². The fourth-order valence-corrected chi connectivity index (χ4v) is 6.82. The third-order valence-electron chi connectivity index (χ3n) is 13.9. The van der Waals surface area contributed by atoms with Crippen molar-refractivity contribution in [3.63, 3.8) is 0 Å². The van der Waals surface area contributed by atoms with Gasteiger partial charge in [-0.15, -0.1) is 63.5 Å². The lowest BCUT2D eigenvalue weighted by Gasteiger charge is -2.11. The number of hydrogen-bond donors (Lipinski definition) is 2. The molecule has 5 heterocycles. The van der Waals surface area contributed by atoms with Crippen molar-refractivity contribution in [3.8, 4) is 0 Å². The third kappa shape index (κ3) is 84.4. The first-order valence-corrected chi connectivity index (χ1v) is 42.7. The number of amides is 3. The van der Waals surface area contributed by atoms with Gasteiger partial charge in [0, 0.05) is 130 Å². The highest BCUT2D eigenvalue weighted by atomic mass is 32.2. The lowest BCUT2D eigenvalue weighted by Crippen LogP contribution is -2.26. The molecule has 5 aromatic heterocycles. The van der Waals surface area contributed by atoms with Crippen molar-refractivity contribution in [3.05, 3.63) is 62.6 Å². The Hall–Kier alpha value is -7.35. The molecule has 0 aliphatic heterocycles. The van der Waals surface area contributed by atoms with Crippen molar-refractivity contribution in [2.45, 2.75) is 323 Å². The van der Waals surface area contributed by atoms with E-state index in [1.807, 2.05) is 138 Å². The molecule has 6 rings (SSSR count). The second-order valence-corrected chi connectivity index (χ2v) is 35.3. The highest BCUT2D eigenvalue weighted by Gasteiger charge is 2.30. The van der Waals surface area contributed by atoms with Gasteiger partial charge in [0.25, 0.3) is 6.43 Å². The zero-order valence-corrected chi connectivity index (χ0v) is 79.8. The molecule has 0 spiro atoms. The number of ether oxygens (including phenoxy) is 1. The van der Waals surface area contributed by atoms with E-state index >= 15 is 0 Å². The van der Waals surface area contributed by atoms with E-state index in [-0.39, 0.29) is 89.5 Å². The maximum absolute atomic E-state index is 11.3. The van der Waals surface area contributed by atoms with Crippen molar-refractivity contribution in [2.75, 3.05) is 34.5 Å². The van der Waals surface area contributed by atoms with Gasteiger partial charge in [0.2, 0.25) is 47.6 Å². The maximum atomic E-state index is 11.3. The number of alkyl halides is 2. The SMILES string of the molecule is C.CC(=O)C(C)C.CC(C)C(=O)C(F)F.CC(C)C(=O)C1CC1.CC(C)C(=O)N(C)C.CC(C)C(N)=O.CC(C)S(C)(=O)=O.CC(C)c1ccon1.CC(C)c1nnco1.CC(C)c1nncs1.CCC(=O)C(C)C.CCCC(=O)C(C)C.CNC(=O)C(C)C.COC(=O)C(C)C.Cc1nnc(C(C)C)o1.Cc1nnc(C(C)C)s1. The first-order valence-electron chi connectivity index (χ1n) is 39.0. The highest BCUT2D eigenvalue weighted by Crippen LogP contribution is 2.32. The van der Waals surface area contributed by atoms with Crippen molar-refractivity contribution in [1.29, 1.82) is 0 Å². The molecule has 27 nitrogen and oxygen atoms in total. The molecule has 0 unspecified atom stereocenters. The van der Waals surface area contributed by atoms with Crippen molar-refractivity contribution < 1.29 is 78.4 Å². The number of carbonyl (C=O) groups excluding carboxylic acids is 9. The Kier molecular flexibility index (Phi) is 84.2. The van der Waals surface area contributed by atoms with Gasteiger partial charge in [-0.1, -0.05) is 220 Å². The van der Waals surface area contributed by atoms with Gasteiger partial charge < -0.3 is 34.0 Å². The number of esters is 1. The molecule has 5 aromatic rings. The fraction of sp³-hybridized carbons (Fsp3) is 0.759. The molecular weight excluding hydrogens is 1540 g/mol. The molecule has 0 radical (unpaired) electrons. The molecule has 3 N–H and O–H groups in total. The van der Waals surface area contributed by atoms with Gasteiger partial charge in [-0.2, -0.15) is 0 Å². The first-order chi connectivity index (χ1) is 52.1. The number of aromatic nitrogens is 9. The molecule has 672 valence electrons. The second-order valence-electron chi connectivity index (χ2n) is 30.6. The largest absolute Gasteiger partial charge is 0.469 e.